The number of likely N-dealkylation sites (tertiary alicyclic amines) is 1. The molecule has 2 rings (SSSR count). The van der Waals surface area contributed by atoms with Crippen LogP contribution in [0.1, 0.15) is 31.4 Å². The van der Waals surface area contributed by atoms with E-state index in [0.29, 0.717) is 10.9 Å². The van der Waals surface area contributed by atoms with Crippen LogP contribution in [0.25, 0.3) is 0 Å². The highest BCUT2D eigenvalue weighted by Gasteiger charge is 2.34. The zero-order valence-corrected chi connectivity index (χ0v) is 12.4. The number of halogens is 2. The van der Waals surface area contributed by atoms with Crippen LogP contribution in [0.2, 0.25) is 5.02 Å². The van der Waals surface area contributed by atoms with Gasteiger partial charge in [0.25, 0.3) is 0 Å². The van der Waals surface area contributed by atoms with Gasteiger partial charge in [0, 0.05) is 16.6 Å². The zero-order valence-electron chi connectivity index (χ0n) is 11.6. The Morgan fingerprint density at radius 1 is 1.47 bits per heavy atom. The quantitative estimate of drug-likeness (QED) is 0.833. The summed E-state index contributed by atoms with van der Waals surface area (Å²) in [7, 11) is 2.06. The smallest absolute Gasteiger partial charge is 0.128 e. The van der Waals surface area contributed by atoms with Crippen LogP contribution in [0, 0.1) is 11.7 Å². The van der Waals surface area contributed by atoms with Crippen LogP contribution in [0.3, 0.4) is 0 Å². The highest BCUT2D eigenvalue weighted by molar-refractivity contribution is 6.30. The minimum atomic E-state index is -0.149. The number of nitrogens with one attached hydrogen (secondary N) is 1. The Balaban J connectivity index is 2.16. The Labute approximate surface area is 119 Å². The molecule has 1 aromatic rings. The lowest BCUT2D eigenvalue weighted by Gasteiger charge is -2.26. The fraction of sp³-hybridized carbons (Fsp3) is 0.600. The molecule has 2 nitrogen and oxygen atoms in total. The second-order valence-electron chi connectivity index (χ2n) is 5.34. The predicted octanol–water partition coefficient (Wildman–Crippen LogP) is 3.47. The molecule has 0 bridgehead atoms. The Morgan fingerprint density at radius 2 is 2.26 bits per heavy atom. The average molecular weight is 285 g/mol. The van der Waals surface area contributed by atoms with Crippen LogP contribution in [-0.2, 0) is 0 Å². The third-order valence-electron chi connectivity index (χ3n) is 3.88. The molecule has 106 valence electrons. The van der Waals surface area contributed by atoms with Gasteiger partial charge in [0.2, 0.25) is 0 Å². The molecule has 4 heteroatoms. The number of hydrogen-bond acceptors (Lipinski definition) is 2. The molecule has 2 unspecified atom stereocenters. The van der Waals surface area contributed by atoms with Gasteiger partial charge in [0.1, 0.15) is 5.82 Å². The molecule has 19 heavy (non-hydrogen) atoms. The molecule has 1 aliphatic heterocycles. The Hall–Kier alpha value is -0.640. The van der Waals surface area contributed by atoms with Crippen molar-refractivity contribution in [1.82, 2.24) is 10.2 Å². The van der Waals surface area contributed by atoms with Crippen LogP contribution in [0.15, 0.2) is 18.2 Å². The summed E-state index contributed by atoms with van der Waals surface area (Å²) < 4.78 is 14.1. The minimum absolute atomic E-state index is 0.128. The van der Waals surface area contributed by atoms with E-state index in [4.69, 9.17) is 11.6 Å². The van der Waals surface area contributed by atoms with Crippen molar-refractivity contribution in [2.75, 3.05) is 26.7 Å². The van der Waals surface area contributed by atoms with Crippen molar-refractivity contribution in [3.05, 3.63) is 34.6 Å². The molecule has 0 aromatic heterocycles. The van der Waals surface area contributed by atoms with Crippen LogP contribution in [0.4, 0.5) is 4.39 Å². The van der Waals surface area contributed by atoms with Crippen molar-refractivity contribution >= 4 is 11.6 Å². The first-order chi connectivity index (χ1) is 9.13. The van der Waals surface area contributed by atoms with Crippen molar-refractivity contribution in [2.45, 2.75) is 25.8 Å². The summed E-state index contributed by atoms with van der Waals surface area (Å²) in [6.07, 6.45) is 2.22. The van der Waals surface area contributed by atoms with Gasteiger partial charge in [-0.3, -0.25) is 4.90 Å². The molecular weight excluding hydrogens is 263 g/mol. The average Bonchev–Trinajstić information content (AvgIpc) is 2.74. The van der Waals surface area contributed by atoms with Crippen LogP contribution in [0.5, 0.6) is 0 Å². The first-order valence-corrected chi connectivity index (χ1v) is 7.37. The van der Waals surface area contributed by atoms with E-state index < -0.39 is 0 Å². The summed E-state index contributed by atoms with van der Waals surface area (Å²) in [4.78, 5) is 2.23. The molecular formula is C15H22ClFN2. The summed E-state index contributed by atoms with van der Waals surface area (Å²) in [5.41, 5.74) is 0.732. The van der Waals surface area contributed by atoms with E-state index in [-0.39, 0.29) is 11.9 Å². The van der Waals surface area contributed by atoms with Gasteiger partial charge in [0.05, 0.1) is 0 Å². The van der Waals surface area contributed by atoms with E-state index in [1.165, 1.54) is 6.07 Å². The Kier molecular flexibility index (Phi) is 5.20. The normalized spacial score (nSPS) is 24.0. The molecule has 1 heterocycles. The number of rotatable bonds is 5. The maximum atomic E-state index is 14.1. The Bertz CT molecular complexity index is 425. The van der Waals surface area contributed by atoms with E-state index in [1.54, 1.807) is 12.1 Å². The molecule has 1 aliphatic rings. The zero-order chi connectivity index (χ0) is 13.8. The molecule has 1 aromatic carbocycles. The first-order valence-electron chi connectivity index (χ1n) is 6.99. The van der Waals surface area contributed by atoms with Gasteiger partial charge in [-0.25, -0.2) is 4.39 Å². The fourth-order valence-corrected chi connectivity index (χ4v) is 3.12. The molecule has 1 N–H and O–H groups in total. The van der Waals surface area contributed by atoms with E-state index in [2.05, 4.69) is 24.2 Å². The molecule has 1 fully saturated rings. The molecule has 0 radical (unpaired) electrons. The van der Waals surface area contributed by atoms with Crippen molar-refractivity contribution in [2.24, 2.45) is 5.92 Å². The molecule has 0 spiro atoms. The maximum absolute atomic E-state index is 14.1. The molecule has 1 saturated heterocycles. The summed E-state index contributed by atoms with van der Waals surface area (Å²) >= 11 is 6.02. The second-order valence-corrected chi connectivity index (χ2v) is 5.78. The van der Waals surface area contributed by atoms with Gasteiger partial charge in [-0.05, 0) is 63.6 Å². The van der Waals surface area contributed by atoms with E-state index in [1.807, 2.05) is 0 Å². The summed E-state index contributed by atoms with van der Waals surface area (Å²) in [6, 6.07) is 4.99. The topological polar surface area (TPSA) is 15.3 Å². The Morgan fingerprint density at radius 3 is 3.00 bits per heavy atom. The summed E-state index contributed by atoms with van der Waals surface area (Å²) in [6.45, 7) is 5.12. The first kappa shape index (κ1) is 14.8. The summed E-state index contributed by atoms with van der Waals surface area (Å²) in [5, 5.41) is 4.06. The fourth-order valence-electron chi connectivity index (χ4n) is 2.94. The van der Waals surface area contributed by atoms with Gasteiger partial charge in [-0.2, -0.15) is 0 Å². The lowest BCUT2D eigenvalue weighted by molar-refractivity contribution is 0.265. The van der Waals surface area contributed by atoms with Gasteiger partial charge in [-0.15, -0.1) is 0 Å². The van der Waals surface area contributed by atoms with E-state index >= 15 is 0 Å². The standard InChI is InChI=1S/C15H22ClFN2/c1-3-7-18-10-11-6-8-19(2)15(11)13-9-12(16)4-5-14(13)17/h4-5,9,11,15,18H,3,6-8,10H2,1-2H3. The van der Waals surface area contributed by atoms with Crippen molar-refractivity contribution in [3.8, 4) is 0 Å². The van der Waals surface area contributed by atoms with Crippen LogP contribution < -0.4 is 5.32 Å². The highest BCUT2D eigenvalue weighted by atomic mass is 35.5. The van der Waals surface area contributed by atoms with Gasteiger partial charge in [0.15, 0.2) is 0 Å². The largest absolute Gasteiger partial charge is 0.316 e. The van der Waals surface area contributed by atoms with E-state index in [0.717, 1.165) is 38.0 Å². The molecule has 0 amide bonds. The number of nitrogens with zero attached hydrogens (tertiary/aromatic N) is 1. The van der Waals surface area contributed by atoms with Gasteiger partial charge < -0.3 is 5.32 Å². The number of benzene rings is 1. The lowest BCUT2D eigenvalue weighted by atomic mass is 9.93. The van der Waals surface area contributed by atoms with Crippen molar-refractivity contribution in [3.63, 3.8) is 0 Å². The second kappa shape index (κ2) is 6.69. The van der Waals surface area contributed by atoms with Crippen molar-refractivity contribution < 1.29 is 4.39 Å². The third-order valence-corrected chi connectivity index (χ3v) is 4.12. The third kappa shape index (κ3) is 3.47. The maximum Gasteiger partial charge on any atom is 0.128 e. The van der Waals surface area contributed by atoms with Gasteiger partial charge >= 0.3 is 0 Å². The summed E-state index contributed by atoms with van der Waals surface area (Å²) in [5.74, 6) is 0.299. The molecule has 2 atom stereocenters. The minimum Gasteiger partial charge on any atom is -0.316 e. The van der Waals surface area contributed by atoms with E-state index in [9.17, 15) is 4.39 Å². The van der Waals surface area contributed by atoms with Crippen molar-refractivity contribution in [1.29, 1.82) is 0 Å². The number of hydrogen-bond donors (Lipinski definition) is 1. The monoisotopic (exact) mass is 284 g/mol. The predicted molar refractivity (Wildman–Crippen MR) is 78.0 cm³/mol. The lowest BCUT2D eigenvalue weighted by Crippen LogP contribution is -2.29. The van der Waals surface area contributed by atoms with Crippen LogP contribution >= 0.6 is 11.6 Å². The highest BCUT2D eigenvalue weighted by Crippen LogP contribution is 2.37. The molecule has 0 aliphatic carbocycles. The SMILES string of the molecule is CCCNCC1CCN(C)C1c1cc(Cl)ccc1F. The molecule has 0 saturated carbocycles. The van der Waals surface area contributed by atoms with Gasteiger partial charge in [-0.1, -0.05) is 18.5 Å². The van der Waals surface area contributed by atoms with Crippen LogP contribution in [-0.4, -0.2) is 31.6 Å².